The Hall–Kier alpha value is -1.46. The molecule has 112 valence electrons. The summed E-state index contributed by atoms with van der Waals surface area (Å²) in [6.45, 7) is 4.25. The van der Waals surface area contributed by atoms with Gasteiger partial charge < -0.3 is 10.6 Å². The summed E-state index contributed by atoms with van der Waals surface area (Å²) < 4.78 is 0. The standard InChI is InChI=1S/C16H22N4S/c1-12-5-8-17-10-14(12)15-11-21-16(20-15)19-9-6-13-4-2-3-7-18-13/h5,8,10-11,13,18H,2-4,6-7,9H2,1H3,(H,19,20). The van der Waals surface area contributed by atoms with E-state index in [9.17, 15) is 0 Å². The molecule has 0 bridgehead atoms. The molecule has 1 fully saturated rings. The summed E-state index contributed by atoms with van der Waals surface area (Å²) >= 11 is 1.67. The van der Waals surface area contributed by atoms with E-state index in [0.717, 1.165) is 22.9 Å². The molecule has 1 atom stereocenters. The number of nitrogens with one attached hydrogen (secondary N) is 2. The zero-order valence-corrected chi connectivity index (χ0v) is 13.2. The predicted octanol–water partition coefficient (Wildman–Crippen LogP) is 3.46. The predicted molar refractivity (Wildman–Crippen MR) is 88.8 cm³/mol. The normalized spacial score (nSPS) is 18.6. The second kappa shape index (κ2) is 7.00. The van der Waals surface area contributed by atoms with Crippen molar-refractivity contribution in [3.63, 3.8) is 0 Å². The Balaban J connectivity index is 1.54. The summed E-state index contributed by atoms with van der Waals surface area (Å²) in [6.07, 6.45) is 8.87. The van der Waals surface area contributed by atoms with Gasteiger partial charge in [-0.25, -0.2) is 4.98 Å². The van der Waals surface area contributed by atoms with Gasteiger partial charge in [-0.1, -0.05) is 6.42 Å². The van der Waals surface area contributed by atoms with Crippen molar-refractivity contribution >= 4 is 16.5 Å². The van der Waals surface area contributed by atoms with Gasteiger partial charge in [0.15, 0.2) is 5.13 Å². The van der Waals surface area contributed by atoms with E-state index >= 15 is 0 Å². The maximum Gasteiger partial charge on any atom is 0.183 e. The van der Waals surface area contributed by atoms with Gasteiger partial charge in [-0.15, -0.1) is 11.3 Å². The zero-order valence-electron chi connectivity index (χ0n) is 12.4. The highest BCUT2D eigenvalue weighted by molar-refractivity contribution is 7.14. The van der Waals surface area contributed by atoms with Crippen LogP contribution in [0.25, 0.3) is 11.3 Å². The Morgan fingerprint density at radius 1 is 1.43 bits per heavy atom. The minimum Gasteiger partial charge on any atom is -0.361 e. The number of anilines is 1. The van der Waals surface area contributed by atoms with Crippen LogP contribution in [0.3, 0.4) is 0 Å². The highest BCUT2D eigenvalue weighted by Gasteiger charge is 2.12. The molecule has 5 heteroatoms. The average Bonchev–Trinajstić information content (AvgIpc) is 2.97. The summed E-state index contributed by atoms with van der Waals surface area (Å²) in [5.41, 5.74) is 3.35. The summed E-state index contributed by atoms with van der Waals surface area (Å²) in [6, 6.07) is 2.70. The van der Waals surface area contributed by atoms with Crippen LogP contribution in [0.1, 0.15) is 31.2 Å². The van der Waals surface area contributed by atoms with Gasteiger partial charge in [0.2, 0.25) is 0 Å². The van der Waals surface area contributed by atoms with Crippen molar-refractivity contribution in [2.45, 2.75) is 38.6 Å². The van der Waals surface area contributed by atoms with Crippen molar-refractivity contribution in [3.8, 4) is 11.3 Å². The highest BCUT2D eigenvalue weighted by atomic mass is 32.1. The third-order valence-electron chi connectivity index (χ3n) is 4.00. The molecular weight excluding hydrogens is 280 g/mol. The van der Waals surface area contributed by atoms with Gasteiger partial charge in [-0.3, -0.25) is 4.98 Å². The molecule has 3 heterocycles. The Labute approximate surface area is 130 Å². The molecule has 2 N–H and O–H groups in total. The lowest BCUT2D eigenvalue weighted by molar-refractivity contribution is 0.389. The summed E-state index contributed by atoms with van der Waals surface area (Å²) in [4.78, 5) is 8.86. The smallest absolute Gasteiger partial charge is 0.183 e. The first-order valence-corrected chi connectivity index (χ1v) is 8.54. The van der Waals surface area contributed by atoms with Crippen LogP contribution in [-0.2, 0) is 0 Å². The molecule has 1 saturated heterocycles. The Morgan fingerprint density at radius 3 is 3.19 bits per heavy atom. The van der Waals surface area contributed by atoms with Crippen molar-refractivity contribution in [3.05, 3.63) is 29.4 Å². The van der Waals surface area contributed by atoms with Crippen LogP contribution in [0, 0.1) is 6.92 Å². The minimum atomic E-state index is 0.672. The van der Waals surface area contributed by atoms with Crippen molar-refractivity contribution in [1.82, 2.24) is 15.3 Å². The van der Waals surface area contributed by atoms with E-state index in [4.69, 9.17) is 0 Å². The van der Waals surface area contributed by atoms with E-state index in [0.29, 0.717) is 6.04 Å². The number of aryl methyl sites for hydroxylation is 1. The minimum absolute atomic E-state index is 0.672. The molecule has 1 unspecified atom stereocenters. The van der Waals surface area contributed by atoms with Gasteiger partial charge in [0.1, 0.15) is 0 Å². The number of pyridine rings is 1. The van der Waals surface area contributed by atoms with Gasteiger partial charge in [-0.2, -0.15) is 0 Å². The molecule has 1 aliphatic heterocycles. The molecule has 2 aromatic heterocycles. The van der Waals surface area contributed by atoms with Crippen molar-refractivity contribution in [1.29, 1.82) is 0 Å². The average molecular weight is 302 g/mol. The van der Waals surface area contributed by atoms with E-state index in [1.54, 1.807) is 11.3 Å². The number of hydrogen-bond donors (Lipinski definition) is 2. The number of hydrogen-bond acceptors (Lipinski definition) is 5. The van der Waals surface area contributed by atoms with Gasteiger partial charge in [-0.05, 0) is 44.4 Å². The fraction of sp³-hybridized carbons (Fsp3) is 0.500. The molecule has 0 aliphatic carbocycles. The van der Waals surface area contributed by atoms with Gasteiger partial charge in [0.25, 0.3) is 0 Å². The Kier molecular flexibility index (Phi) is 4.83. The monoisotopic (exact) mass is 302 g/mol. The number of aromatic nitrogens is 2. The lowest BCUT2D eigenvalue weighted by Crippen LogP contribution is -2.35. The van der Waals surface area contributed by atoms with Crippen LogP contribution >= 0.6 is 11.3 Å². The molecule has 3 rings (SSSR count). The molecular formula is C16H22N4S. The second-order valence-corrected chi connectivity index (χ2v) is 6.45. The lowest BCUT2D eigenvalue weighted by atomic mass is 10.0. The van der Waals surface area contributed by atoms with E-state index in [2.05, 4.69) is 32.9 Å². The summed E-state index contributed by atoms with van der Waals surface area (Å²) in [5, 5.41) is 10.1. The quantitative estimate of drug-likeness (QED) is 0.888. The van der Waals surface area contributed by atoms with Crippen LogP contribution in [0.4, 0.5) is 5.13 Å². The zero-order chi connectivity index (χ0) is 14.5. The number of thiazole rings is 1. The summed E-state index contributed by atoms with van der Waals surface area (Å²) in [5.74, 6) is 0. The van der Waals surface area contributed by atoms with E-state index < -0.39 is 0 Å². The molecule has 0 saturated carbocycles. The Morgan fingerprint density at radius 2 is 2.38 bits per heavy atom. The Bertz CT molecular complexity index is 575. The van der Waals surface area contributed by atoms with Crippen LogP contribution in [0.2, 0.25) is 0 Å². The molecule has 0 radical (unpaired) electrons. The van der Waals surface area contributed by atoms with Gasteiger partial charge >= 0.3 is 0 Å². The van der Waals surface area contributed by atoms with Crippen LogP contribution in [0.5, 0.6) is 0 Å². The second-order valence-electron chi connectivity index (χ2n) is 5.59. The molecule has 0 spiro atoms. The largest absolute Gasteiger partial charge is 0.361 e. The molecule has 2 aromatic rings. The van der Waals surface area contributed by atoms with Crippen molar-refractivity contribution < 1.29 is 0 Å². The molecule has 21 heavy (non-hydrogen) atoms. The van der Waals surface area contributed by atoms with Crippen LogP contribution in [0.15, 0.2) is 23.8 Å². The number of rotatable bonds is 5. The van der Waals surface area contributed by atoms with E-state index in [-0.39, 0.29) is 0 Å². The maximum atomic E-state index is 4.67. The van der Waals surface area contributed by atoms with E-state index in [1.807, 2.05) is 18.5 Å². The lowest BCUT2D eigenvalue weighted by Gasteiger charge is -2.23. The number of nitrogens with zero attached hydrogens (tertiary/aromatic N) is 2. The van der Waals surface area contributed by atoms with E-state index in [1.165, 1.54) is 37.8 Å². The SMILES string of the molecule is Cc1ccncc1-c1csc(NCCC2CCCCN2)n1. The van der Waals surface area contributed by atoms with Gasteiger partial charge in [0.05, 0.1) is 5.69 Å². The fourth-order valence-electron chi connectivity index (χ4n) is 2.73. The maximum absolute atomic E-state index is 4.67. The third kappa shape index (κ3) is 3.80. The first kappa shape index (κ1) is 14.5. The first-order valence-electron chi connectivity index (χ1n) is 7.67. The first-order chi connectivity index (χ1) is 10.3. The highest BCUT2D eigenvalue weighted by Crippen LogP contribution is 2.26. The molecule has 0 aromatic carbocycles. The summed E-state index contributed by atoms with van der Waals surface area (Å²) in [7, 11) is 0. The molecule has 4 nitrogen and oxygen atoms in total. The molecule has 0 amide bonds. The third-order valence-corrected chi connectivity index (χ3v) is 4.80. The van der Waals surface area contributed by atoms with Crippen LogP contribution < -0.4 is 10.6 Å². The van der Waals surface area contributed by atoms with Gasteiger partial charge in [0, 0.05) is 35.9 Å². The number of piperidine rings is 1. The fourth-order valence-corrected chi connectivity index (χ4v) is 3.47. The van der Waals surface area contributed by atoms with Crippen molar-refractivity contribution in [2.24, 2.45) is 0 Å². The van der Waals surface area contributed by atoms with Crippen molar-refractivity contribution in [2.75, 3.05) is 18.4 Å². The molecule has 1 aliphatic rings. The van der Waals surface area contributed by atoms with Crippen LogP contribution in [-0.4, -0.2) is 29.1 Å². The topological polar surface area (TPSA) is 49.8 Å².